The van der Waals surface area contributed by atoms with Gasteiger partial charge in [0.1, 0.15) is 0 Å². The van der Waals surface area contributed by atoms with Gasteiger partial charge < -0.3 is 9.13 Å². The van der Waals surface area contributed by atoms with Gasteiger partial charge in [-0.25, -0.2) is 15.0 Å². The summed E-state index contributed by atoms with van der Waals surface area (Å²) in [5, 5.41) is 15.2. The first-order valence-corrected chi connectivity index (χ1v) is 24.2. The molecular formula is C66H44N6. The Morgan fingerprint density at radius 3 is 1.22 bits per heavy atom. The van der Waals surface area contributed by atoms with Crippen LogP contribution in [0.1, 0.15) is 16.7 Å². The lowest BCUT2D eigenvalue weighted by Crippen LogP contribution is -2.04. The molecule has 3 heterocycles. The number of hydrogen-bond acceptors (Lipinski definition) is 4. The molecule has 0 spiro atoms. The molecule has 0 N–H and O–H groups in total. The molecule has 0 fully saturated rings. The maximum absolute atomic E-state index is 10.6. The van der Waals surface area contributed by atoms with E-state index in [1.807, 2.05) is 72.8 Å². The van der Waals surface area contributed by atoms with Gasteiger partial charge in [-0.1, -0.05) is 176 Å². The van der Waals surface area contributed by atoms with E-state index in [9.17, 15) is 5.26 Å². The fraction of sp³-hybridized carbons (Fsp3) is 0.0303. The molecule has 0 aliphatic heterocycles. The van der Waals surface area contributed by atoms with Gasteiger partial charge in [0, 0.05) is 49.4 Å². The molecule has 0 aliphatic rings. The van der Waals surface area contributed by atoms with Crippen LogP contribution >= 0.6 is 0 Å². The summed E-state index contributed by atoms with van der Waals surface area (Å²) in [6.07, 6.45) is 0. The third-order valence-electron chi connectivity index (χ3n) is 14.1. The molecule has 0 saturated carbocycles. The highest BCUT2D eigenvalue weighted by Crippen LogP contribution is 2.44. The lowest BCUT2D eigenvalue weighted by atomic mass is 9.97. The van der Waals surface area contributed by atoms with Crippen molar-refractivity contribution in [3.63, 3.8) is 0 Å². The van der Waals surface area contributed by atoms with Crippen LogP contribution in [0.25, 0.3) is 123 Å². The second kappa shape index (κ2) is 17.4. The molecule has 0 saturated heterocycles. The van der Waals surface area contributed by atoms with Crippen LogP contribution in [-0.2, 0) is 0 Å². The van der Waals surface area contributed by atoms with E-state index in [0.717, 1.165) is 93.9 Å². The Bertz CT molecular complexity index is 4250. The SMILES string of the molecule is Cc1ccccc1-c1ccc2c(c1)c1ccccc1n2-c1cc(C#N)ccc1-c1ccc(-c2nc(-c3ccccc3)nc(-c3ccccc3)n2)cc1-n1c2ccccc2c2cc(-c3ccccc3C)ccc21. The Labute approximate surface area is 417 Å². The highest BCUT2D eigenvalue weighted by Gasteiger charge is 2.23. The van der Waals surface area contributed by atoms with E-state index < -0.39 is 0 Å². The quantitative estimate of drug-likeness (QED) is 0.152. The molecule has 13 aromatic rings. The van der Waals surface area contributed by atoms with Crippen molar-refractivity contribution in [2.24, 2.45) is 0 Å². The van der Waals surface area contributed by atoms with Crippen LogP contribution in [0.4, 0.5) is 0 Å². The molecule has 10 aromatic carbocycles. The number of rotatable bonds is 8. The zero-order valence-electron chi connectivity index (χ0n) is 39.6. The van der Waals surface area contributed by atoms with E-state index in [1.54, 1.807) is 0 Å². The van der Waals surface area contributed by atoms with E-state index in [-0.39, 0.29) is 0 Å². The van der Waals surface area contributed by atoms with Crippen LogP contribution in [0.3, 0.4) is 0 Å². The minimum Gasteiger partial charge on any atom is -0.309 e. The first-order chi connectivity index (χ1) is 35.5. The molecule has 0 aliphatic carbocycles. The van der Waals surface area contributed by atoms with Crippen molar-refractivity contribution in [2.75, 3.05) is 0 Å². The van der Waals surface area contributed by atoms with Gasteiger partial charge in [0.05, 0.1) is 45.1 Å². The summed E-state index contributed by atoms with van der Waals surface area (Å²) in [5.41, 5.74) is 18.4. The molecule has 0 radical (unpaired) electrons. The van der Waals surface area contributed by atoms with Crippen molar-refractivity contribution in [3.8, 4) is 85.0 Å². The van der Waals surface area contributed by atoms with Gasteiger partial charge in [-0.3, -0.25) is 0 Å². The van der Waals surface area contributed by atoms with E-state index >= 15 is 0 Å². The molecule has 0 atom stereocenters. The Morgan fingerprint density at radius 1 is 0.319 bits per heavy atom. The molecule has 0 bridgehead atoms. The largest absolute Gasteiger partial charge is 0.309 e. The molecule has 6 nitrogen and oxygen atoms in total. The molecule has 338 valence electrons. The van der Waals surface area contributed by atoms with Crippen molar-refractivity contribution in [3.05, 3.63) is 247 Å². The summed E-state index contributed by atoms with van der Waals surface area (Å²) in [5.74, 6) is 1.75. The fourth-order valence-electron chi connectivity index (χ4n) is 10.6. The monoisotopic (exact) mass is 920 g/mol. The molecule has 13 rings (SSSR count). The molecule has 0 amide bonds. The third kappa shape index (κ3) is 7.14. The van der Waals surface area contributed by atoms with E-state index in [4.69, 9.17) is 15.0 Å². The minimum atomic E-state index is 0.560. The highest BCUT2D eigenvalue weighted by atomic mass is 15.0. The summed E-state index contributed by atoms with van der Waals surface area (Å²) in [6, 6.07) is 83.3. The van der Waals surface area contributed by atoms with Gasteiger partial charge in [-0.2, -0.15) is 5.26 Å². The molecule has 0 unspecified atom stereocenters. The summed E-state index contributed by atoms with van der Waals surface area (Å²) < 4.78 is 4.73. The average Bonchev–Trinajstić information content (AvgIpc) is 3.95. The second-order valence-corrected chi connectivity index (χ2v) is 18.4. The number of nitrogens with zero attached hydrogens (tertiary/aromatic N) is 6. The van der Waals surface area contributed by atoms with Crippen molar-refractivity contribution < 1.29 is 0 Å². The lowest BCUT2D eigenvalue weighted by Gasteiger charge is -2.20. The van der Waals surface area contributed by atoms with Gasteiger partial charge in [-0.05, 0) is 102 Å². The summed E-state index contributed by atoms with van der Waals surface area (Å²) >= 11 is 0. The fourth-order valence-corrected chi connectivity index (χ4v) is 10.6. The first kappa shape index (κ1) is 42.4. The van der Waals surface area contributed by atoms with Gasteiger partial charge in [0.2, 0.25) is 0 Å². The smallest absolute Gasteiger partial charge is 0.164 e. The van der Waals surface area contributed by atoms with Gasteiger partial charge >= 0.3 is 0 Å². The van der Waals surface area contributed by atoms with Crippen LogP contribution in [-0.4, -0.2) is 24.1 Å². The van der Waals surface area contributed by atoms with E-state index in [1.165, 1.54) is 22.3 Å². The number of hydrogen-bond donors (Lipinski definition) is 0. The molecule has 72 heavy (non-hydrogen) atoms. The Morgan fingerprint density at radius 2 is 0.722 bits per heavy atom. The Hall–Kier alpha value is -9.70. The third-order valence-corrected chi connectivity index (χ3v) is 14.1. The summed E-state index contributed by atoms with van der Waals surface area (Å²) in [4.78, 5) is 15.5. The number of aryl methyl sites for hydroxylation is 2. The number of aromatic nitrogens is 5. The van der Waals surface area contributed by atoms with Crippen molar-refractivity contribution in [1.82, 2.24) is 24.1 Å². The standard InChI is InChI=1S/C66H44N6/c1-42-17-9-11-23-50(42)47-31-35-60-56(38-47)52-25-13-15-27-58(52)71(60)62-37-44(41-67)29-33-54(62)55-34-30-49(66-69-64(45-19-5-3-6-20-45)68-65(70-66)46-21-7-4-8-22-46)40-63(55)72-59-28-16-14-26-53(59)57-39-48(32-36-61(57)72)51-24-12-10-18-43(51)2/h3-40H,1-2H3. The Kier molecular flexibility index (Phi) is 10.2. The van der Waals surface area contributed by atoms with Crippen LogP contribution in [0.15, 0.2) is 231 Å². The predicted octanol–water partition coefficient (Wildman–Crippen LogP) is 16.6. The topological polar surface area (TPSA) is 72.3 Å². The van der Waals surface area contributed by atoms with Crippen LogP contribution in [0.5, 0.6) is 0 Å². The number of benzene rings is 10. The first-order valence-electron chi connectivity index (χ1n) is 24.2. The molecule has 3 aromatic heterocycles. The van der Waals surface area contributed by atoms with Gasteiger partial charge in [0.25, 0.3) is 0 Å². The van der Waals surface area contributed by atoms with Crippen molar-refractivity contribution in [2.45, 2.75) is 13.8 Å². The molecule has 6 heteroatoms. The Balaban J connectivity index is 1.10. The van der Waals surface area contributed by atoms with Crippen molar-refractivity contribution >= 4 is 43.6 Å². The highest BCUT2D eigenvalue weighted by molar-refractivity contribution is 6.13. The summed E-state index contributed by atoms with van der Waals surface area (Å²) in [7, 11) is 0. The predicted molar refractivity (Wildman–Crippen MR) is 295 cm³/mol. The normalized spacial score (nSPS) is 11.5. The summed E-state index contributed by atoms with van der Waals surface area (Å²) in [6.45, 7) is 4.33. The minimum absolute atomic E-state index is 0.560. The van der Waals surface area contributed by atoms with Crippen LogP contribution in [0, 0.1) is 25.2 Å². The van der Waals surface area contributed by atoms with E-state index in [2.05, 4.69) is 187 Å². The zero-order chi connectivity index (χ0) is 48.3. The zero-order valence-corrected chi connectivity index (χ0v) is 39.6. The van der Waals surface area contributed by atoms with Crippen LogP contribution in [0.2, 0.25) is 0 Å². The second-order valence-electron chi connectivity index (χ2n) is 18.4. The lowest BCUT2D eigenvalue weighted by molar-refractivity contribution is 1.07. The maximum Gasteiger partial charge on any atom is 0.164 e. The van der Waals surface area contributed by atoms with Gasteiger partial charge in [-0.15, -0.1) is 0 Å². The number of nitriles is 1. The maximum atomic E-state index is 10.6. The van der Waals surface area contributed by atoms with Gasteiger partial charge in [0.15, 0.2) is 17.5 Å². The van der Waals surface area contributed by atoms with E-state index in [0.29, 0.717) is 23.0 Å². The van der Waals surface area contributed by atoms with Crippen LogP contribution < -0.4 is 0 Å². The average molecular weight is 921 g/mol. The number of fused-ring (bicyclic) bond motifs is 6. The van der Waals surface area contributed by atoms with Crippen molar-refractivity contribution in [1.29, 1.82) is 5.26 Å². The number of para-hydroxylation sites is 2. The molecular weight excluding hydrogens is 877 g/mol.